The van der Waals surface area contributed by atoms with Gasteiger partial charge in [-0.3, -0.25) is 5.41 Å². The summed E-state index contributed by atoms with van der Waals surface area (Å²) in [7, 11) is 0. The smallest absolute Gasteiger partial charge is 0.361 e. The summed E-state index contributed by atoms with van der Waals surface area (Å²) in [4.78, 5) is 1.68. The van der Waals surface area contributed by atoms with E-state index in [4.69, 9.17) is 5.41 Å². The SMILES string of the molecule is CC(=N)N1CCC(C(F)(F)F)CC1. The van der Waals surface area contributed by atoms with Gasteiger partial charge < -0.3 is 4.90 Å². The zero-order chi connectivity index (χ0) is 10.1. The molecule has 0 saturated carbocycles. The van der Waals surface area contributed by atoms with Crippen LogP contribution in [-0.4, -0.2) is 30.0 Å². The molecule has 0 radical (unpaired) electrons. The lowest BCUT2D eigenvalue weighted by molar-refractivity contribution is -0.183. The van der Waals surface area contributed by atoms with E-state index in [2.05, 4.69) is 0 Å². The first-order chi connectivity index (χ1) is 5.91. The molecule has 1 aliphatic heterocycles. The molecule has 1 rings (SSSR count). The molecule has 0 aromatic heterocycles. The highest BCUT2D eigenvalue weighted by molar-refractivity contribution is 5.76. The number of alkyl halides is 3. The molecule has 76 valence electrons. The fraction of sp³-hybridized carbons (Fsp3) is 0.875. The Morgan fingerprint density at radius 1 is 1.31 bits per heavy atom. The second-order valence-corrected chi connectivity index (χ2v) is 3.39. The van der Waals surface area contributed by atoms with Crippen LogP contribution in [0.4, 0.5) is 13.2 Å². The number of hydrogen-bond acceptors (Lipinski definition) is 1. The molecular weight excluding hydrogens is 181 g/mol. The van der Waals surface area contributed by atoms with Crippen LogP contribution >= 0.6 is 0 Å². The highest BCUT2D eigenvalue weighted by Crippen LogP contribution is 2.33. The van der Waals surface area contributed by atoms with Crippen LogP contribution in [0.2, 0.25) is 0 Å². The van der Waals surface area contributed by atoms with E-state index in [1.165, 1.54) is 0 Å². The van der Waals surface area contributed by atoms with Crippen molar-refractivity contribution in [2.75, 3.05) is 13.1 Å². The molecule has 0 aromatic rings. The molecule has 5 heteroatoms. The van der Waals surface area contributed by atoms with E-state index >= 15 is 0 Å². The minimum absolute atomic E-state index is 0.125. The van der Waals surface area contributed by atoms with Crippen molar-refractivity contribution in [1.82, 2.24) is 4.90 Å². The molecule has 0 amide bonds. The van der Waals surface area contributed by atoms with Crippen molar-refractivity contribution < 1.29 is 13.2 Å². The Balaban J connectivity index is 2.44. The Morgan fingerprint density at radius 2 is 1.77 bits per heavy atom. The topological polar surface area (TPSA) is 27.1 Å². The molecule has 1 fully saturated rings. The van der Waals surface area contributed by atoms with Crippen LogP contribution < -0.4 is 0 Å². The van der Waals surface area contributed by atoms with Crippen LogP contribution in [-0.2, 0) is 0 Å². The molecule has 0 atom stereocenters. The Bertz CT molecular complexity index is 192. The van der Waals surface area contributed by atoms with E-state index in [0.717, 1.165) is 0 Å². The normalized spacial score (nSPS) is 20.5. The maximum Gasteiger partial charge on any atom is 0.391 e. The second kappa shape index (κ2) is 3.55. The summed E-state index contributed by atoms with van der Waals surface area (Å²) in [6, 6.07) is 0. The minimum Gasteiger partial charge on any atom is -0.361 e. The molecule has 0 bridgehead atoms. The predicted octanol–water partition coefficient (Wildman–Crippen LogP) is 2.26. The van der Waals surface area contributed by atoms with E-state index < -0.39 is 12.1 Å². The van der Waals surface area contributed by atoms with Gasteiger partial charge in [0.2, 0.25) is 0 Å². The fourth-order valence-corrected chi connectivity index (χ4v) is 1.54. The molecule has 0 unspecified atom stereocenters. The van der Waals surface area contributed by atoms with Gasteiger partial charge in [-0.2, -0.15) is 13.2 Å². The highest BCUT2D eigenvalue weighted by Gasteiger charge is 2.41. The third-order valence-electron chi connectivity index (χ3n) is 2.43. The number of halogens is 3. The van der Waals surface area contributed by atoms with Gasteiger partial charge in [0.1, 0.15) is 0 Å². The van der Waals surface area contributed by atoms with Crippen molar-refractivity contribution in [3.63, 3.8) is 0 Å². The van der Waals surface area contributed by atoms with Gasteiger partial charge in [-0.25, -0.2) is 0 Å². The zero-order valence-corrected chi connectivity index (χ0v) is 7.49. The summed E-state index contributed by atoms with van der Waals surface area (Å²) in [5.74, 6) is -0.802. The Kier molecular flexibility index (Phi) is 2.83. The number of rotatable bonds is 0. The van der Waals surface area contributed by atoms with E-state index in [9.17, 15) is 13.2 Å². The lowest BCUT2D eigenvalue weighted by Gasteiger charge is -2.33. The summed E-state index contributed by atoms with van der Waals surface area (Å²) in [5.41, 5.74) is 0. The van der Waals surface area contributed by atoms with Gasteiger partial charge in [0.25, 0.3) is 0 Å². The molecule has 1 heterocycles. The monoisotopic (exact) mass is 194 g/mol. The molecule has 1 saturated heterocycles. The molecular formula is C8H13F3N2. The van der Waals surface area contributed by atoms with Crippen LogP contribution in [0.5, 0.6) is 0 Å². The van der Waals surface area contributed by atoms with Crippen molar-refractivity contribution in [3.05, 3.63) is 0 Å². The van der Waals surface area contributed by atoms with Gasteiger partial charge in [-0.05, 0) is 19.8 Å². The number of hydrogen-bond donors (Lipinski definition) is 1. The van der Waals surface area contributed by atoms with Crippen LogP contribution in [0.25, 0.3) is 0 Å². The number of amidine groups is 1. The average molecular weight is 194 g/mol. The first-order valence-corrected chi connectivity index (χ1v) is 4.28. The Hall–Kier alpha value is -0.740. The maximum absolute atomic E-state index is 12.2. The van der Waals surface area contributed by atoms with Gasteiger partial charge in [0.05, 0.1) is 11.8 Å². The standard InChI is InChI=1S/C8H13F3N2/c1-6(12)13-4-2-7(3-5-13)8(9,10)11/h7,12H,2-5H2,1H3. The first-order valence-electron chi connectivity index (χ1n) is 4.28. The second-order valence-electron chi connectivity index (χ2n) is 3.39. The quantitative estimate of drug-likeness (QED) is 0.464. The highest BCUT2D eigenvalue weighted by atomic mass is 19.4. The lowest BCUT2D eigenvalue weighted by atomic mass is 9.96. The van der Waals surface area contributed by atoms with Gasteiger partial charge in [-0.15, -0.1) is 0 Å². The number of likely N-dealkylation sites (tertiary alicyclic amines) is 1. The summed E-state index contributed by atoms with van der Waals surface area (Å²) in [6.45, 7) is 2.33. The largest absolute Gasteiger partial charge is 0.391 e. The van der Waals surface area contributed by atoms with E-state index in [1.807, 2.05) is 0 Å². The van der Waals surface area contributed by atoms with Gasteiger partial charge in [-0.1, -0.05) is 0 Å². The average Bonchev–Trinajstić information content (AvgIpc) is 2.03. The molecule has 1 N–H and O–H groups in total. The molecule has 0 aromatic carbocycles. The number of piperidine rings is 1. The summed E-state index contributed by atoms with van der Waals surface area (Å²) in [5, 5.41) is 7.26. The molecule has 0 spiro atoms. The van der Waals surface area contributed by atoms with Crippen LogP contribution in [0.3, 0.4) is 0 Å². The van der Waals surface area contributed by atoms with Crippen molar-refractivity contribution in [2.24, 2.45) is 5.92 Å². The number of nitrogens with zero attached hydrogens (tertiary/aromatic N) is 1. The summed E-state index contributed by atoms with van der Waals surface area (Å²) >= 11 is 0. The van der Waals surface area contributed by atoms with E-state index in [1.54, 1.807) is 11.8 Å². The zero-order valence-electron chi connectivity index (χ0n) is 7.49. The minimum atomic E-state index is -4.05. The van der Waals surface area contributed by atoms with Gasteiger partial charge in [0, 0.05) is 13.1 Å². The predicted molar refractivity (Wildman–Crippen MR) is 43.8 cm³/mol. The van der Waals surface area contributed by atoms with E-state index in [-0.39, 0.29) is 12.8 Å². The molecule has 1 aliphatic rings. The molecule has 13 heavy (non-hydrogen) atoms. The molecule has 0 aliphatic carbocycles. The van der Waals surface area contributed by atoms with E-state index in [0.29, 0.717) is 18.9 Å². The van der Waals surface area contributed by atoms with Crippen molar-refractivity contribution >= 4 is 5.84 Å². The van der Waals surface area contributed by atoms with Crippen LogP contribution in [0, 0.1) is 11.3 Å². The third kappa shape index (κ3) is 2.60. The summed E-state index contributed by atoms with van der Waals surface area (Å²) < 4.78 is 36.6. The molecule has 2 nitrogen and oxygen atoms in total. The van der Waals surface area contributed by atoms with Gasteiger partial charge >= 0.3 is 6.18 Å². The lowest BCUT2D eigenvalue weighted by Crippen LogP contribution is -2.40. The van der Waals surface area contributed by atoms with Gasteiger partial charge in [0.15, 0.2) is 0 Å². The van der Waals surface area contributed by atoms with Crippen LogP contribution in [0.1, 0.15) is 19.8 Å². The maximum atomic E-state index is 12.2. The third-order valence-corrected chi connectivity index (χ3v) is 2.43. The van der Waals surface area contributed by atoms with Crippen LogP contribution in [0.15, 0.2) is 0 Å². The Labute approximate surface area is 75.2 Å². The fourth-order valence-electron chi connectivity index (χ4n) is 1.54. The first kappa shape index (κ1) is 10.3. The van der Waals surface area contributed by atoms with Crippen molar-refractivity contribution in [2.45, 2.75) is 25.9 Å². The summed E-state index contributed by atoms with van der Waals surface area (Å²) in [6.07, 6.45) is -3.80. The van der Waals surface area contributed by atoms with Crippen molar-refractivity contribution in [1.29, 1.82) is 5.41 Å². The Morgan fingerprint density at radius 3 is 2.08 bits per heavy atom. The van der Waals surface area contributed by atoms with Crippen molar-refractivity contribution in [3.8, 4) is 0 Å². The number of nitrogens with one attached hydrogen (secondary N) is 1.